The van der Waals surface area contributed by atoms with Gasteiger partial charge in [-0.05, 0) is 29.0 Å². The number of aromatic nitrogens is 2. The summed E-state index contributed by atoms with van der Waals surface area (Å²) in [7, 11) is 0. The second-order valence-electron chi connectivity index (χ2n) is 2.96. The molecule has 0 spiro atoms. The molecule has 76 valence electrons. The predicted molar refractivity (Wildman–Crippen MR) is 61.1 cm³/mol. The Hall–Kier alpha value is -0.720. The molecule has 0 N–H and O–H groups in total. The maximum Gasteiger partial charge on any atom is 0.267 e. The first-order valence-electron chi connectivity index (χ1n) is 4.36. The second-order valence-corrected chi connectivity index (χ2v) is 4.13. The van der Waals surface area contributed by atoms with Crippen molar-refractivity contribution in [2.75, 3.05) is 0 Å². The van der Waals surface area contributed by atoms with E-state index in [4.69, 9.17) is 0 Å². The van der Waals surface area contributed by atoms with E-state index in [0.29, 0.717) is 9.99 Å². The highest BCUT2D eigenvalue weighted by Crippen LogP contribution is 1.95. The summed E-state index contributed by atoms with van der Waals surface area (Å²) in [6, 6.07) is 0. The SMILES string of the molecule is CCCC(=O)Cn1cncc(I)c1=O. The molecule has 0 aliphatic heterocycles. The Morgan fingerprint density at radius 3 is 3.00 bits per heavy atom. The van der Waals surface area contributed by atoms with E-state index in [9.17, 15) is 9.59 Å². The van der Waals surface area contributed by atoms with Crippen LogP contribution in [0.15, 0.2) is 17.3 Å². The molecular weight excluding hydrogens is 295 g/mol. The van der Waals surface area contributed by atoms with Crippen LogP contribution in [-0.2, 0) is 11.3 Å². The van der Waals surface area contributed by atoms with Crippen LogP contribution in [0.25, 0.3) is 0 Å². The van der Waals surface area contributed by atoms with E-state index in [2.05, 4.69) is 4.98 Å². The smallest absolute Gasteiger partial charge is 0.267 e. The van der Waals surface area contributed by atoms with E-state index in [1.54, 1.807) is 0 Å². The minimum Gasteiger partial charge on any atom is -0.298 e. The van der Waals surface area contributed by atoms with Crippen LogP contribution in [-0.4, -0.2) is 15.3 Å². The van der Waals surface area contributed by atoms with Gasteiger partial charge in [-0.3, -0.25) is 14.2 Å². The molecule has 0 aromatic carbocycles. The molecular formula is C9H11IN2O2. The maximum atomic E-state index is 11.5. The second kappa shape index (κ2) is 5.23. The van der Waals surface area contributed by atoms with Gasteiger partial charge in [0.2, 0.25) is 0 Å². The summed E-state index contributed by atoms with van der Waals surface area (Å²) < 4.78 is 1.88. The molecule has 0 saturated carbocycles. The van der Waals surface area contributed by atoms with Gasteiger partial charge in [-0.1, -0.05) is 6.92 Å². The summed E-state index contributed by atoms with van der Waals surface area (Å²) in [5.41, 5.74) is -0.148. The van der Waals surface area contributed by atoms with E-state index in [-0.39, 0.29) is 17.9 Å². The highest BCUT2D eigenvalue weighted by molar-refractivity contribution is 14.1. The predicted octanol–water partition coefficient (Wildman–Crippen LogP) is 1.22. The molecule has 1 rings (SSSR count). The lowest BCUT2D eigenvalue weighted by atomic mass is 10.2. The summed E-state index contributed by atoms with van der Waals surface area (Å²) in [5, 5.41) is 0. The first-order chi connectivity index (χ1) is 6.65. The Bertz CT molecular complexity index is 387. The van der Waals surface area contributed by atoms with Gasteiger partial charge in [-0.15, -0.1) is 0 Å². The van der Waals surface area contributed by atoms with Crippen LogP contribution in [0.1, 0.15) is 19.8 Å². The summed E-state index contributed by atoms with van der Waals surface area (Å²) >= 11 is 1.91. The highest BCUT2D eigenvalue weighted by Gasteiger charge is 2.05. The van der Waals surface area contributed by atoms with Gasteiger partial charge in [0.1, 0.15) is 0 Å². The number of nitrogens with zero attached hydrogens (tertiary/aromatic N) is 2. The lowest BCUT2D eigenvalue weighted by Gasteiger charge is -2.03. The fourth-order valence-electron chi connectivity index (χ4n) is 1.08. The van der Waals surface area contributed by atoms with E-state index in [1.165, 1.54) is 17.1 Å². The minimum absolute atomic E-state index is 0.0680. The normalized spacial score (nSPS) is 10.1. The van der Waals surface area contributed by atoms with Crippen LogP contribution in [0.4, 0.5) is 0 Å². The number of Topliss-reactive ketones (excluding diaryl/α,β-unsaturated/α-hetero) is 1. The molecule has 14 heavy (non-hydrogen) atoms. The molecule has 0 aliphatic carbocycles. The van der Waals surface area contributed by atoms with Gasteiger partial charge in [-0.2, -0.15) is 0 Å². The maximum absolute atomic E-state index is 11.5. The van der Waals surface area contributed by atoms with Gasteiger partial charge < -0.3 is 0 Å². The summed E-state index contributed by atoms with van der Waals surface area (Å²) in [6.07, 6.45) is 4.21. The van der Waals surface area contributed by atoms with E-state index < -0.39 is 0 Å². The van der Waals surface area contributed by atoms with Crippen LogP contribution in [0, 0.1) is 3.57 Å². The van der Waals surface area contributed by atoms with Crippen molar-refractivity contribution in [3.8, 4) is 0 Å². The van der Waals surface area contributed by atoms with Crippen LogP contribution >= 0.6 is 22.6 Å². The van der Waals surface area contributed by atoms with Gasteiger partial charge in [0.15, 0.2) is 5.78 Å². The van der Waals surface area contributed by atoms with Gasteiger partial charge >= 0.3 is 0 Å². The molecule has 0 bridgehead atoms. The quantitative estimate of drug-likeness (QED) is 0.786. The molecule has 4 nitrogen and oxygen atoms in total. The van der Waals surface area contributed by atoms with E-state index in [0.717, 1.165) is 6.42 Å². The number of carbonyl (C=O) groups excluding carboxylic acids is 1. The molecule has 0 atom stereocenters. The zero-order chi connectivity index (χ0) is 10.6. The third-order valence-electron chi connectivity index (χ3n) is 1.73. The molecule has 0 unspecified atom stereocenters. The van der Waals surface area contributed by atoms with Gasteiger partial charge in [0, 0.05) is 12.6 Å². The zero-order valence-electron chi connectivity index (χ0n) is 7.86. The monoisotopic (exact) mass is 306 g/mol. The lowest BCUT2D eigenvalue weighted by Crippen LogP contribution is -2.25. The first-order valence-corrected chi connectivity index (χ1v) is 5.44. The molecule has 0 radical (unpaired) electrons. The van der Waals surface area contributed by atoms with Crippen LogP contribution in [0.2, 0.25) is 0 Å². The summed E-state index contributed by atoms with van der Waals surface area (Å²) in [4.78, 5) is 26.6. The number of rotatable bonds is 4. The summed E-state index contributed by atoms with van der Waals surface area (Å²) in [5.74, 6) is 0.0680. The standard InChI is InChI=1S/C9H11IN2O2/c1-2-3-7(13)5-12-6-11-4-8(10)9(12)14/h4,6H,2-3,5H2,1H3. The van der Waals surface area contributed by atoms with Crippen molar-refractivity contribution in [3.63, 3.8) is 0 Å². The average molecular weight is 306 g/mol. The number of ketones is 1. The van der Waals surface area contributed by atoms with Gasteiger partial charge in [-0.25, -0.2) is 4.98 Å². The molecule has 1 aromatic heterocycles. The van der Waals surface area contributed by atoms with Crippen LogP contribution in [0.5, 0.6) is 0 Å². The molecule has 0 aliphatic rings. The van der Waals surface area contributed by atoms with Crippen molar-refractivity contribution >= 4 is 28.4 Å². The number of carbonyl (C=O) groups is 1. The highest BCUT2D eigenvalue weighted by atomic mass is 127. The summed E-state index contributed by atoms with van der Waals surface area (Å²) in [6.45, 7) is 2.07. The molecule has 5 heteroatoms. The van der Waals surface area contributed by atoms with Crippen LogP contribution in [0.3, 0.4) is 0 Å². The Morgan fingerprint density at radius 1 is 1.64 bits per heavy atom. The van der Waals surface area contributed by atoms with Crippen LogP contribution < -0.4 is 5.56 Å². The first kappa shape index (κ1) is 11.4. The number of hydrogen-bond donors (Lipinski definition) is 0. The average Bonchev–Trinajstić information content (AvgIpc) is 2.13. The third-order valence-corrected chi connectivity index (χ3v) is 2.47. The van der Waals surface area contributed by atoms with Gasteiger partial charge in [0.05, 0.1) is 16.4 Å². The lowest BCUT2D eigenvalue weighted by molar-refractivity contribution is -0.119. The molecule has 1 heterocycles. The zero-order valence-corrected chi connectivity index (χ0v) is 10.0. The topological polar surface area (TPSA) is 52.0 Å². The number of halogens is 1. The van der Waals surface area contributed by atoms with Crippen molar-refractivity contribution in [1.82, 2.24) is 9.55 Å². The van der Waals surface area contributed by atoms with Crippen molar-refractivity contribution < 1.29 is 4.79 Å². The largest absolute Gasteiger partial charge is 0.298 e. The fraction of sp³-hybridized carbons (Fsp3) is 0.444. The Morgan fingerprint density at radius 2 is 2.36 bits per heavy atom. The Labute approximate surface area is 95.5 Å². The van der Waals surface area contributed by atoms with Crippen molar-refractivity contribution in [1.29, 1.82) is 0 Å². The molecule has 0 amide bonds. The molecule has 0 fully saturated rings. The Balaban J connectivity index is 2.82. The Kier molecular flexibility index (Phi) is 4.24. The van der Waals surface area contributed by atoms with Crippen molar-refractivity contribution in [2.45, 2.75) is 26.3 Å². The van der Waals surface area contributed by atoms with Crippen molar-refractivity contribution in [2.24, 2.45) is 0 Å². The minimum atomic E-state index is -0.148. The van der Waals surface area contributed by atoms with Crippen molar-refractivity contribution in [3.05, 3.63) is 26.4 Å². The third kappa shape index (κ3) is 2.90. The van der Waals surface area contributed by atoms with Gasteiger partial charge in [0.25, 0.3) is 5.56 Å². The molecule has 1 aromatic rings. The van der Waals surface area contributed by atoms with E-state index in [1.807, 2.05) is 29.5 Å². The number of hydrogen-bond acceptors (Lipinski definition) is 3. The van der Waals surface area contributed by atoms with E-state index >= 15 is 0 Å². The fourth-order valence-corrected chi connectivity index (χ4v) is 1.56. The molecule has 0 saturated heterocycles.